The Bertz CT molecular complexity index is 717. The van der Waals surface area contributed by atoms with Crippen molar-refractivity contribution < 1.29 is 14.6 Å². The average molecular weight is 420 g/mol. The fourth-order valence-electron chi connectivity index (χ4n) is 3.34. The monoisotopic (exact) mass is 419 g/mol. The minimum Gasteiger partial charge on any atom is -0.491 e. The van der Waals surface area contributed by atoms with Crippen LogP contribution in [0.15, 0.2) is 46.9 Å². The summed E-state index contributed by atoms with van der Waals surface area (Å²) >= 11 is 3.51. The van der Waals surface area contributed by atoms with Crippen LogP contribution < -0.4 is 4.74 Å². The first-order valence-corrected chi connectivity index (χ1v) is 9.77. The van der Waals surface area contributed by atoms with Crippen LogP contribution in [0.1, 0.15) is 22.8 Å². The number of aliphatic hydroxyl groups excluding tert-OH is 1. The van der Waals surface area contributed by atoms with E-state index in [1.165, 1.54) is 11.1 Å². The van der Waals surface area contributed by atoms with E-state index in [0.717, 1.165) is 28.9 Å². The van der Waals surface area contributed by atoms with Gasteiger partial charge < -0.3 is 14.6 Å². The Hall–Kier alpha value is -1.40. The van der Waals surface area contributed by atoms with Crippen molar-refractivity contribution in [3.8, 4) is 5.75 Å². The molecule has 140 valence electrons. The largest absolute Gasteiger partial charge is 0.491 e. The standard InChI is InChI=1S/C21H26BrNO3/c1-15-8-16(2)10-20(9-15)26-14-19(24)12-23-6-7-25-21(13-23)17-4-3-5-18(22)11-17/h3-5,8-11,19,21,24H,6-7,12-14H2,1-2H3. The van der Waals surface area contributed by atoms with Crippen LogP contribution in [0.5, 0.6) is 5.75 Å². The van der Waals surface area contributed by atoms with E-state index in [-0.39, 0.29) is 6.10 Å². The number of β-amino-alcohol motifs (C(OH)–C–C–N with tert-alkyl or cyclic N) is 1. The zero-order chi connectivity index (χ0) is 18.5. The van der Waals surface area contributed by atoms with E-state index in [9.17, 15) is 5.11 Å². The first-order chi connectivity index (χ1) is 12.5. The van der Waals surface area contributed by atoms with Gasteiger partial charge in [-0.2, -0.15) is 0 Å². The van der Waals surface area contributed by atoms with Crippen molar-refractivity contribution in [1.29, 1.82) is 0 Å². The number of morpholine rings is 1. The zero-order valence-electron chi connectivity index (χ0n) is 15.3. The number of hydrogen-bond acceptors (Lipinski definition) is 4. The second kappa shape index (κ2) is 9.00. The number of aliphatic hydroxyl groups is 1. The molecule has 1 aliphatic rings. The molecule has 2 atom stereocenters. The first-order valence-electron chi connectivity index (χ1n) is 8.98. The highest BCUT2D eigenvalue weighted by Gasteiger charge is 2.24. The third-order valence-corrected chi connectivity index (χ3v) is 4.97. The predicted octanol–water partition coefficient (Wildman–Crippen LogP) is 3.88. The van der Waals surface area contributed by atoms with E-state index in [1.54, 1.807) is 0 Å². The zero-order valence-corrected chi connectivity index (χ0v) is 16.9. The van der Waals surface area contributed by atoms with Gasteiger partial charge in [0.2, 0.25) is 0 Å². The van der Waals surface area contributed by atoms with Gasteiger partial charge in [0.05, 0.1) is 12.7 Å². The number of aryl methyl sites for hydroxylation is 2. The summed E-state index contributed by atoms with van der Waals surface area (Å²) in [7, 11) is 0. The molecule has 2 aromatic rings. The summed E-state index contributed by atoms with van der Waals surface area (Å²) in [6, 6.07) is 14.3. The summed E-state index contributed by atoms with van der Waals surface area (Å²) in [5.74, 6) is 0.815. The molecule has 4 nitrogen and oxygen atoms in total. The molecule has 2 aromatic carbocycles. The molecule has 0 amide bonds. The van der Waals surface area contributed by atoms with Crippen molar-refractivity contribution in [2.24, 2.45) is 0 Å². The molecule has 1 saturated heterocycles. The fraction of sp³-hybridized carbons (Fsp3) is 0.429. The second-order valence-electron chi connectivity index (χ2n) is 6.96. The van der Waals surface area contributed by atoms with Crippen LogP contribution in [0.3, 0.4) is 0 Å². The van der Waals surface area contributed by atoms with Gasteiger partial charge in [-0.05, 0) is 54.8 Å². The SMILES string of the molecule is Cc1cc(C)cc(OCC(O)CN2CCOC(c3cccc(Br)c3)C2)c1. The Balaban J connectivity index is 1.51. The van der Waals surface area contributed by atoms with Crippen LogP contribution in [-0.4, -0.2) is 49.0 Å². The summed E-state index contributed by atoms with van der Waals surface area (Å²) in [6.45, 7) is 7.24. The van der Waals surface area contributed by atoms with Gasteiger partial charge in [-0.25, -0.2) is 0 Å². The molecule has 1 N–H and O–H groups in total. The van der Waals surface area contributed by atoms with Gasteiger partial charge in [-0.15, -0.1) is 0 Å². The van der Waals surface area contributed by atoms with Crippen molar-refractivity contribution in [2.75, 3.05) is 32.8 Å². The third kappa shape index (κ3) is 5.55. The van der Waals surface area contributed by atoms with Crippen molar-refractivity contribution >= 4 is 15.9 Å². The van der Waals surface area contributed by atoms with Gasteiger partial charge in [-0.1, -0.05) is 34.1 Å². The number of rotatable bonds is 6. The highest BCUT2D eigenvalue weighted by atomic mass is 79.9. The smallest absolute Gasteiger partial charge is 0.119 e. The predicted molar refractivity (Wildman–Crippen MR) is 107 cm³/mol. The van der Waals surface area contributed by atoms with E-state index in [4.69, 9.17) is 9.47 Å². The van der Waals surface area contributed by atoms with Crippen LogP contribution >= 0.6 is 15.9 Å². The molecule has 2 unspecified atom stereocenters. The quantitative estimate of drug-likeness (QED) is 0.771. The molecular formula is C21H26BrNO3. The van der Waals surface area contributed by atoms with Crippen molar-refractivity contribution in [3.05, 3.63) is 63.6 Å². The summed E-state index contributed by atoms with van der Waals surface area (Å²) in [4.78, 5) is 2.24. The highest BCUT2D eigenvalue weighted by Crippen LogP contribution is 2.25. The van der Waals surface area contributed by atoms with Crippen molar-refractivity contribution in [2.45, 2.75) is 26.1 Å². The summed E-state index contributed by atoms with van der Waals surface area (Å²) in [6.07, 6.45) is -0.495. The van der Waals surface area contributed by atoms with Crippen LogP contribution in [-0.2, 0) is 4.74 Å². The highest BCUT2D eigenvalue weighted by molar-refractivity contribution is 9.10. The molecule has 0 bridgehead atoms. The maximum absolute atomic E-state index is 10.4. The number of hydrogen-bond donors (Lipinski definition) is 1. The van der Waals surface area contributed by atoms with E-state index < -0.39 is 6.10 Å². The normalized spacial score (nSPS) is 19.3. The number of ether oxygens (including phenoxy) is 2. The molecule has 0 radical (unpaired) electrons. The van der Waals surface area contributed by atoms with E-state index in [1.807, 2.05) is 38.1 Å². The second-order valence-corrected chi connectivity index (χ2v) is 7.88. The van der Waals surface area contributed by atoms with Crippen LogP contribution in [0.2, 0.25) is 0 Å². The number of benzene rings is 2. The molecule has 0 aromatic heterocycles. The summed E-state index contributed by atoms with van der Waals surface area (Å²) in [5.41, 5.74) is 3.49. The Kier molecular flexibility index (Phi) is 6.70. The maximum atomic E-state index is 10.4. The molecular weight excluding hydrogens is 394 g/mol. The summed E-state index contributed by atoms with van der Waals surface area (Å²) < 4.78 is 12.7. The molecule has 1 aliphatic heterocycles. The molecule has 0 saturated carbocycles. The van der Waals surface area contributed by atoms with E-state index >= 15 is 0 Å². The van der Waals surface area contributed by atoms with Crippen molar-refractivity contribution in [1.82, 2.24) is 4.90 Å². The minimum atomic E-state index is -0.530. The van der Waals surface area contributed by atoms with Gasteiger partial charge in [0.1, 0.15) is 18.5 Å². The lowest BCUT2D eigenvalue weighted by atomic mass is 10.1. The molecule has 5 heteroatoms. The van der Waals surface area contributed by atoms with Crippen LogP contribution in [0, 0.1) is 13.8 Å². The topological polar surface area (TPSA) is 41.9 Å². The molecule has 0 spiro atoms. The van der Waals surface area contributed by atoms with Gasteiger partial charge in [0.15, 0.2) is 0 Å². The summed E-state index contributed by atoms with van der Waals surface area (Å²) in [5, 5.41) is 10.4. The Labute approximate surface area is 163 Å². The molecule has 1 heterocycles. The number of halogens is 1. The Morgan fingerprint density at radius 3 is 2.73 bits per heavy atom. The molecule has 3 rings (SSSR count). The van der Waals surface area contributed by atoms with Gasteiger partial charge >= 0.3 is 0 Å². The van der Waals surface area contributed by atoms with Crippen LogP contribution in [0.4, 0.5) is 0 Å². The van der Waals surface area contributed by atoms with Gasteiger partial charge in [0.25, 0.3) is 0 Å². The van der Waals surface area contributed by atoms with Gasteiger partial charge in [0, 0.05) is 24.1 Å². The lowest BCUT2D eigenvalue weighted by Crippen LogP contribution is -2.43. The number of nitrogens with zero attached hydrogens (tertiary/aromatic N) is 1. The van der Waals surface area contributed by atoms with Crippen molar-refractivity contribution in [3.63, 3.8) is 0 Å². The molecule has 1 fully saturated rings. The Morgan fingerprint density at radius 2 is 2.00 bits per heavy atom. The lowest BCUT2D eigenvalue weighted by molar-refractivity contribution is -0.0459. The maximum Gasteiger partial charge on any atom is 0.119 e. The van der Waals surface area contributed by atoms with E-state index in [0.29, 0.717) is 19.8 Å². The first kappa shape index (κ1) is 19.4. The third-order valence-electron chi connectivity index (χ3n) is 4.48. The van der Waals surface area contributed by atoms with Gasteiger partial charge in [-0.3, -0.25) is 4.90 Å². The minimum absolute atomic E-state index is 0.0359. The molecule has 0 aliphatic carbocycles. The van der Waals surface area contributed by atoms with E-state index in [2.05, 4.69) is 39.0 Å². The molecule has 26 heavy (non-hydrogen) atoms. The van der Waals surface area contributed by atoms with Crippen LogP contribution in [0.25, 0.3) is 0 Å². The lowest BCUT2D eigenvalue weighted by Gasteiger charge is -2.34. The Morgan fingerprint density at radius 1 is 1.23 bits per heavy atom. The average Bonchev–Trinajstić information content (AvgIpc) is 2.59. The fourth-order valence-corrected chi connectivity index (χ4v) is 3.75.